The summed E-state index contributed by atoms with van der Waals surface area (Å²) in [6.45, 7) is 4.30. The van der Waals surface area contributed by atoms with Gasteiger partial charge in [-0.05, 0) is 17.9 Å². The number of aromatic nitrogens is 1. The average Bonchev–Trinajstić information content (AvgIpc) is 2.51. The van der Waals surface area contributed by atoms with E-state index < -0.39 is 0 Å². The largest absolute Gasteiger partial charge is 0.357 e. The third kappa shape index (κ3) is 3.87. The SMILES string of the molecule is CSC(C)CNCc1ccn(C)c1. The Kier molecular flexibility index (Phi) is 4.39. The molecule has 0 saturated carbocycles. The van der Waals surface area contributed by atoms with Crippen LogP contribution in [0.15, 0.2) is 18.5 Å². The molecule has 1 unspecified atom stereocenters. The molecule has 1 atom stereocenters. The Balaban J connectivity index is 2.20. The molecule has 2 nitrogen and oxygen atoms in total. The molecule has 1 aromatic rings. The molecule has 1 aromatic heterocycles. The summed E-state index contributed by atoms with van der Waals surface area (Å²) in [6.07, 6.45) is 6.38. The van der Waals surface area contributed by atoms with Gasteiger partial charge in [-0.1, -0.05) is 6.92 Å². The summed E-state index contributed by atoms with van der Waals surface area (Å²) in [7, 11) is 2.05. The van der Waals surface area contributed by atoms with Gasteiger partial charge in [0.05, 0.1) is 0 Å². The summed E-state index contributed by atoms with van der Waals surface area (Å²) in [4.78, 5) is 0. The summed E-state index contributed by atoms with van der Waals surface area (Å²) in [5.74, 6) is 0. The van der Waals surface area contributed by atoms with Crippen molar-refractivity contribution in [3.05, 3.63) is 24.0 Å². The highest BCUT2D eigenvalue weighted by Crippen LogP contribution is 2.03. The van der Waals surface area contributed by atoms with Crippen LogP contribution in [0.1, 0.15) is 12.5 Å². The maximum Gasteiger partial charge on any atom is 0.0220 e. The van der Waals surface area contributed by atoms with Crippen molar-refractivity contribution >= 4 is 11.8 Å². The van der Waals surface area contributed by atoms with Gasteiger partial charge in [0.25, 0.3) is 0 Å². The van der Waals surface area contributed by atoms with E-state index in [4.69, 9.17) is 0 Å². The van der Waals surface area contributed by atoms with E-state index in [2.05, 4.69) is 41.5 Å². The monoisotopic (exact) mass is 198 g/mol. The number of hydrogen-bond donors (Lipinski definition) is 1. The summed E-state index contributed by atoms with van der Waals surface area (Å²) < 4.78 is 2.08. The lowest BCUT2D eigenvalue weighted by Gasteiger charge is -2.08. The minimum absolute atomic E-state index is 0.698. The summed E-state index contributed by atoms with van der Waals surface area (Å²) in [6, 6.07) is 2.15. The number of rotatable bonds is 5. The first-order valence-electron chi connectivity index (χ1n) is 4.56. The van der Waals surface area contributed by atoms with E-state index >= 15 is 0 Å². The van der Waals surface area contributed by atoms with Gasteiger partial charge >= 0.3 is 0 Å². The van der Waals surface area contributed by atoms with Gasteiger partial charge < -0.3 is 9.88 Å². The van der Waals surface area contributed by atoms with E-state index in [0.717, 1.165) is 13.1 Å². The molecule has 0 fully saturated rings. The van der Waals surface area contributed by atoms with Gasteiger partial charge in [0.15, 0.2) is 0 Å². The predicted octanol–water partition coefficient (Wildman–Crippen LogP) is 1.87. The third-order valence-electron chi connectivity index (χ3n) is 2.06. The fourth-order valence-corrected chi connectivity index (χ4v) is 1.45. The first-order valence-corrected chi connectivity index (χ1v) is 5.85. The summed E-state index contributed by atoms with van der Waals surface area (Å²) in [5.41, 5.74) is 1.36. The Labute approximate surface area is 84.7 Å². The number of thioether (sulfide) groups is 1. The fraction of sp³-hybridized carbons (Fsp3) is 0.600. The van der Waals surface area contributed by atoms with Crippen LogP contribution < -0.4 is 5.32 Å². The van der Waals surface area contributed by atoms with Crippen LogP contribution in [-0.4, -0.2) is 22.6 Å². The van der Waals surface area contributed by atoms with Gasteiger partial charge in [-0.15, -0.1) is 0 Å². The van der Waals surface area contributed by atoms with Crippen molar-refractivity contribution in [3.8, 4) is 0 Å². The first kappa shape index (κ1) is 10.7. The second-order valence-corrected chi connectivity index (χ2v) is 4.64. The molecular weight excluding hydrogens is 180 g/mol. The van der Waals surface area contributed by atoms with E-state index in [9.17, 15) is 0 Å². The standard InChI is InChI=1S/C10H18N2S/c1-9(13-3)6-11-7-10-4-5-12(2)8-10/h4-5,8-9,11H,6-7H2,1-3H3. The Morgan fingerprint density at radius 3 is 2.92 bits per heavy atom. The van der Waals surface area contributed by atoms with Crippen LogP contribution in [0.4, 0.5) is 0 Å². The van der Waals surface area contributed by atoms with Gasteiger partial charge in [-0.25, -0.2) is 0 Å². The molecular formula is C10H18N2S. The lowest BCUT2D eigenvalue weighted by atomic mass is 10.3. The molecule has 13 heavy (non-hydrogen) atoms. The number of nitrogens with one attached hydrogen (secondary N) is 1. The minimum atomic E-state index is 0.698. The van der Waals surface area contributed by atoms with Crippen LogP contribution in [0.25, 0.3) is 0 Å². The third-order valence-corrected chi connectivity index (χ3v) is 3.03. The number of aryl methyl sites for hydroxylation is 1. The zero-order chi connectivity index (χ0) is 9.68. The summed E-state index contributed by atoms with van der Waals surface area (Å²) >= 11 is 1.90. The van der Waals surface area contributed by atoms with Crippen molar-refractivity contribution in [2.45, 2.75) is 18.7 Å². The maximum atomic E-state index is 3.43. The predicted molar refractivity (Wildman–Crippen MR) is 60.1 cm³/mol. The lowest BCUT2D eigenvalue weighted by Crippen LogP contribution is -2.21. The molecule has 0 aliphatic heterocycles. The maximum absolute atomic E-state index is 3.43. The van der Waals surface area contributed by atoms with E-state index in [0.29, 0.717) is 5.25 Å². The molecule has 0 bridgehead atoms. The van der Waals surface area contributed by atoms with Crippen LogP contribution in [0.3, 0.4) is 0 Å². The molecule has 3 heteroatoms. The minimum Gasteiger partial charge on any atom is -0.357 e. The zero-order valence-electron chi connectivity index (χ0n) is 8.58. The molecule has 1 N–H and O–H groups in total. The van der Waals surface area contributed by atoms with Gasteiger partial charge in [0.2, 0.25) is 0 Å². The van der Waals surface area contributed by atoms with Crippen LogP contribution in [-0.2, 0) is 13.6 Å². The van der Waals surface area contributed by atoms with Crippen LogP contribution in [0, 0.1) is 0 Å². The first-order chi connectivity index (χ1) is 6.22. The summed E-state index contributed by atoms with van der Waals surface area (Å²) in [5, 5.41) is 4.13. The molecule has 0 saturated heterocycles. The highest BCUT2D eigenvalue weighted by molar-refractivity contribution is 7.99. The zero-order valence-corrected chi connectivity index (χ0v) is 9.40. The van der Waals surface area contributed by atoms with Crippen molar-refractivity contribution in [2.24, 2.45) is 7.05 Å². The Hall–Kier alpha value is -0.410. The van der Waals surface area contributed by atoms with Crippen molar-refractivity contribution in [2.75, 3.05) is 12.8 Å². The van der Waals surface area contributed by atoms with Gasteiger partial charge in [-0.2, -0.15) is 11.8 Å². The van der Waals surface area contributed by atoms with E-state index in [1.807, 2.05) is 18.8 Å². The highest BCUT2D eigenvalue weighted by Gasteiger charge is 1.98. The highest BCUT2D eigenvalue weighted by atomic mass is 32.2. The van der Waals surface area contributed by atoms with Gasteiger partial charge in [0, 0.05) is 37.8 Å². The smallest absolute Gasteiger partial charge is 0.0220 e. The molecule has 0 aromatic carbocycles. The molecule has 0 aliphatic rings. The van der Waals surface area contributed by atoms with E-state index in [1.165, 1.54) is 5.56 Å². The number of hydrogen-bond acceptors (Lipinski definition) is 2. The van der Waals surface area contributed by atoms with Crippen LogP contribution in [0.2, 0.25) is 0 Å². The molecule has 1 heterocycles. The molecule has 0 aliphatic carbocycles. The van der Waals surface area contributed by atoms with Crippen molar-refractivity contribution in [3.63, 3.8) is 0 Å². The van der Waals surface area contributed by atoms with Gasteiger partial charge in [-0.3, -0.25) is 0 Å². The van der Waals surface area contributed by atoms with Crippen molar-refractivity contribution < 1.29 is 0 Å². The topological polar surface area (TPSA) is 17.0 Å². The molecule has 1 rings (SSSR count). The van der Waals surface area contributed by atoms with Crippen LogP contribution in [0.5, 0.6) is 0 Å². The van der Waals surface area contributed by atoms with Crippen molar-refractivity contribution in [1.29, 1.82) is 0 Å². The quantitative estimate of drug-likeness (QED) is 0.778. The number of nitrogens with zero attached hydrogens (tertiary/aromatic N) is 1. The second kappa shape index (κ2) is 5.35. The molecule has 74 valence electrons. The lowest BCUT2D eigenvalue weighted by molar-refractivity contribution is 0.683. The second-order valence-electron chi connectivity index (χ2n) is 3.36. The average molecular weight is 198 g/mol. The molecule has 0 radical (unpaired) electrons. The van der Waals surface area contributed by atoms with E-state index in [-0.39, 0.29) is 0 Å². The van der Waals surface area contributed by atoms with Crippen LogP contribution >= 0.6 is 11.8 Å². The van der Waals surface area contributed by atoms with Crippen molar-refractivity contribution in [1.82, 2.24) is 9.88 Å². The van der Waals surface area contributed by atoms with Gasteiger partial charge in [0.1, 0.15) is 0 Å². The molecule has 0 amide bonds. The Morgan fingerprint density at radius 2 is 2.38 bits per heavy atom. The Morgan fingerprint density at radius 1 is 1.62 bits per heavy atom. The Bertz CT molecular complexity index is 245. The normalized spacial score (nSPS) is 13.2. The molecule has 0 spiro atoms. The van der Waals surface area contributed by atoms with E-state index in [1.54, 1.807) is 0 Å². The fourth-order valence-electron chi connectivity index (χ4n) is 1.17.